The second-order valence-electron chi connectivity index (χ2n) is 4.19. The van der Waals surface area contributed by atoms with Crippen molar-refractivity contribution in [3.63, 3.8) is 0 Å². The van der Waals surface area contributed by atoms with Crippen LogP contribution in [-0.2, 0) is 6.54 Å². The number of allylic oxidation sites excluding steroid dienone is 2. The second kappa shape index (κ2) is 6.39. The SMILES string of the molecule is O=C(NCc1cscn1)NC[C@H]1CC=CCC1. The number of hydrogen-bond donors (Lipinski definition) is 2. The van der Waals surface area contributed by atoms with E-state index in [-0.39, 0.29) is 6.03 Å². The van der Waals surface area contributed by atoms with Gasteiger partial charge in [0.15, 0.2) is 0 Å². The van der Waals surface area contributed by atoms with E-state index in [1.54, 1.807) is 5.51 Å². The molecule has 0 radical (unpaired) electrons. The van der Waals surface area contributed by atoms with Crippen molar-refractivity contribution < 1.29 is 4.79 Å². The van der Waals surface area contributed by atoms with Crippen LogP contribution in [0.25, 0.3) is 0 Å². The molecule has 5 heteroatoms. The van der Waals surface area contributed by atoms with Crippen LogP contribution in [0.1, 0.15) is 25.0 Å². The van der Waals surface area contributed by atoms with Gasteiger partial charge in [0.05, 0.1) is 17.7 Å². The predicted octanol–water partition coefficient (Wildman–Crippen LogP) is 2.30. The lowest BCUT2D eigenvalue weighted by Gasteiger charge is -2.18. The summed E-state index contributed by atoms with van der Waals surface area (Å²) in [5.41, 5.74) is 2.68. The zero-order chi connectivity index (χ0) is 11.9. The van der Waals surface area contributed by atoms with Crippen LogP contribution in [0.4, 0.5) is 4.79 Å². The van der Waals surface area contributed by atoms with Crippen LogP contribution in [0.15, 0.2) is 23.0 Å². The van der Waals surface area contributed by atoms with Gasteiger partial charge < -0.3 is 10.6 Å². The minimum atomic E-state index is -0.104. The molecule has 1 aliphatic carbocycles. The summed E-state index contributed by atoms with van der Waals surface area (Å²) in [4.78, 5) is 15.6. The van der Waals surface area contributed by atoms with Gasteiger partial charge in [-0.25, -0.2) is 9.78 Å². The standard InChI is InChI=1S/C12H17N3OS/c16-12(14-7-11-8-17-9-15-11)13-6-10-4-2-1-3-5-10/h1-2,8-10H,3-7H2,(H2,13,14,16)/t10-/m0/s1. The number of hydrogen-bond acceptors (Lipinski definition) is 3. The smallest absolute Gasteiger partial charge is 0.315 e. The van der Waals surface area contributed by atoms with Crippen molar-refractivity contribution in [3.8, 4) is 0 Å². The molecular formula is C12H17N3OS. The molecule has 0 aliphatic heterocycles. The molecule has 0 spiro atoms. The summed E-state index contributed by atoms with van der Waals surface area (Å²) in [5.74, 6) is 0.588. The molecular weight excluding hydrogens is 234 g/mol. The van der Waals surface area contributed by atoms with Gasteiger partial charge in [-0.15, -0.1) is 11.3 Å². The highest BCUT2D eigenvalue weighted by atomic mass is 32.1. The molecule has 1 aromatic heterocycles. The Hall–Kier alpha value is -1.36. The number of amides is 2. The Bertz CT molecular complexity index is 375. The summed E-state index contributed by atoms with van der Waals surface area (Å²) < 4.78 is 0. The molecule has 4 nitrogen and oxygen atoms in total. The first-order valence-electron chi connectivity index (χ1n) is 5.88. The fourth-order valence-corrected chi connectivity index (χ4v) is 2.40. The Morgan fingerprint density at radius 1 is 1.47 bits per heavy atom. The fraction of sp³-hybridized carbons (Fsp3) is 0.500. The highest BCUT2D eigenvalue weighted by Gasteiger charge is 2.10. The largest absolute Gasteiger partial charge is 0.338 e. The number of thiazole rings is 1. The highest BCUT2D eigenvalue weighted by molar-refractivity contribution is 7.07. The van der Waals surface area contributed by atoms with Crippen LogP contribution in [0.5, 0.6) is 0 Å². The normalized spacial score (nSPS) is 18.9. The first-order valence-corrected chi connectivity index (χ1v) is 6.82. The summed E-state index contributed by atoms with van der Waals surface area (Å²) in [6.45, 7) is 1.26. The van der Waals surface area contributed by atoms with Gasteiger partial charge in [0, 0.05) is 11.9 Å². The molecule has 1 aromatic rings. The van der Waals surface area contributed by atoms with Crippen LogP contribution < -0.4 is 10.6 Å². The van der Waals surface area contributed by atoms with E-state index in [2.05, 4.69) is 27.8 Å². The summed E-state index contributed by atoms with van der Waals surface area (Å²) in [6, 6.07) is -0.104. The number of rotatable bonds is 4. The maximum atomic E-state index is 11.5. The third-order valence-electron chi connectivity index (χ3n) is 2.84. The van der Waals surface area contributed by atoms with Gasteiger partial charge in [0.25, 0.3) is 0 Å². The average molecular weight is 251 g/mol. The van der Waals surface area contributed by atoms with Crippen molar-refractivity contribution in [1.82, 2.24) is 15.6 Å². The predicted molar refractivity (Wildman–Crippen MR) is 68.8 cm³/mol. The Morgan fingerprint density at radius 2 is 2.41 bits per heavy atom. The van der Waals surface area contributed by atoms with E-state index < -0.39 is 0 Å². The minimum absolute atomic E-state index is 0.104. The van der Waals surface area contributed by atoms with Gasteiger partial charge in [-0.05, 0) is 25.2 Å². The molecule has 17 heavy (non-hydrogen) atoms. The third kappa shape index (κ3) is 4.19. The Morgan fingerprint density at radius 3 is 3.12 bits per heavy atom. The number of urea groups is 1. The van der Waals surface area contributed by atoms with Gasteiger partial charge >= 0.3 is 6.03 Å². The summed E-state index contributed by atoms with van der Waals surface area (Å²) in [7, 11) is 0. The molecule has 2 N–H and O–H groups in total. The van der Waals surface area contributed by atoms with Crippen molar-refractivity contribution in [1.29, 1.82) is 0 Å². The molecule has 0 unspecified atom stereocenters. The van der Waals surface area contributed by atoms with Crippen molar-refractivity contribution in [2.75, 3.05) is 6.54 Å². The topological polar surface area (TPSA) is 54.0 Å². The zero-order valence-electron chi connectivity index (χ0n) is 9.69. The van der Waals surface area contributed by atoms with E-state index in [9.17, 15) is 4.79 Å². The zero-order valence-corrected chi connectivity index (χ0v) is 10.5. The molecule has 0 fully saturated rings. The highest BCUT2D eigenvalue weighted by Crippen LogP contribution is 2.16. The van der Waals surface area contributed by atoms with E-state index in [1.165, 1.54) is 17.8 Å². The van der Waals surface area contributed by atoms with Crippen LogP contribution in [-0.4, -0.2) is 17.6 Å². The quantitative estimate of drug-likeness (QED) is 0.807. The number of aromatic nitrogens is 1. The van der Waals surface area contributed by atoms with Crippen molar-refractivity contribution in [3.05, 3.63) is 28.7 Å². The molecule has 0 bridgehead atoms. The molecule has 2 rings (SSSR count). The molecule has 92 valence electrons. The molecule has 1 aliphatic rings. The fourth-order valence-electron chi connectivity index (χ4n) is 1.84. The summed E-state index contributed by atoms with van der Waals surface area (Å²) in [6.07, 6.45) is 7.78. The summed E-state index contributed by atoms with van der Waals surface area (Å²) >= 11 is 1.54. The van der Waals surface area contributed by atoms with E-state index in [0.29, 0.717) is 12.5 Å². The first-order chi connectivity index (χ1) is 8.34. The van der Waals surface area contributed by atoms with E-state index >= 15 is 0 Å². The second-order valence-corrected chi connectivity index (χ2v) is 4.91. The number of carbonyl (C=O) groups excluding carboxylic acids is 1. The van der Waals surface area contributed by atoms with Crippen LogP contribution >= 0.6 is 11.3 Å². The third-order valence-corrected chi connectivity index (χ3v) is 3.48. The maximum Gasteiger partial charge on any atom is 0.315 e. The van der Waals surface area contributed by atoms with Gasteiger partial charge in [-0.1, -0.05) is 12.2 Å². The Kier molecular flexibility index (Phi) is 4.55. The average Bonchev–Trinajstić information content (AvgIpc) is 2.88. The van der Waals surface area contributed by atoms with E-state index in [0.717, 1.165) is 25.1 Å². The molecule has 1 atom stereocenters. The lowest BCUT2D eigenvalue weighted by atomic mass is 9.94. The molecule has 0 saturated heterocycles. The lowest BCUT2D eigenvalue weighted by molar-refractivity contribution is 0.238. The molecule has 2 amide bonds. The van der Waals surface area contributed by atoms with Crippen molar-refractivity contribution >= 4 is 17.4 Å². The monoisotopic (exact) mass is 251 g/mol. The van der Waals surface area contributed by atoms with Gasteiger partial charge in [0.2, 0.25) is 0 Å². The Labute approximate surface area is 105 Å². The van der Waals surface area contributed by atoms with Crippen LogP contribution in [0.2, 0.25) is 0 Å². The van der Waals surface area contributed by atoms with Gasteiger partial charge in [-0.3, -0.25) is 0 Å². The minimum Gasteiger partial charge on any atom is -0.338 e. The summed E-state index contributed by atoms with van der Waals surface area (Å²) in [5, 5.41) is 7.64. The number of nitrogens with zero attached hydrogens (tertiary/aromatic N) is 1. The number of nitrogens with one attached hydrogen (secondary N) is 2. The van der Waals surface area contributed by atoms with Crippen LogP contribution in [0.3, 0.4) is 0 Å². The lowest BCUT2D eigenvalue weighted by Crippen LogP contribution is -2.38. The number of carbonyl (C=O) groups is 1. The van der Waals surface area contributed by atoms with Gasteiger partial charge in [-0.2, -0.15) is 0 Å². The first kappa shape index (κ1) is 12.1. The van der Waals surface area contributed by atoms with Gasteiger partial charge in [0.1, 0.15) is 0 Å². The van der Waals surface area contributed by atoms with E-state index in [4.69, 9.17) is 0 Å². The van der Waals surface area contributed by atoms with Crippen LogP contribution in [0, 0.1) is 5.92 Å². The molecule has 0 aromatic carbocycles. The van der Waals surface area contributed by atoms with Crippen molar-refractivity contribution in [2.45, 2.75) is 25.8 Å². The maximum absolute atomic E-state index is 11.5. The molecule has 1 heterocycles. The Balaban J connectivity index is 1.62. The van der Waals surface area contributed by atoms with Crippen molar-refractivity contribution in [2.24, 2.45) is 5.92 Å². The molecule has 0 saturated carbocycles. The van der Waals surface area contributed by atoms with E-state index in [1.807, 2.05) is 5.38 Å².